The number of rotatable bonds is 10. The molecule has 0 spiro atoms. The van der Waals surface area contributed by atoms with Gasteiger partial charge in [0.1, 0.15) is 0 Å². The van der Waals surface area contributed by atoms with E-state index in [9.17, 15) is 19.2 Å². The van der Waals surface area contributed by atoms with Crippen molar-refractivity contribution in [3.8, 4) is 0 Å². The van der Waals surface area contributed by atoms with E-state index in [-0.39, 0.29) is 49.3 Å². The molecule has 2 aromatic heterocycles. The molecule has 0 bridgehead atoms. The minimum Gasteiger partial charge on any atom is -0.481 e. The quantitative estimate of drug-likeness (QED) is 0.188. The van der Waals surface area contributed by atoms with Gasteiger partial charge in [-0.25, -0.2) is 0 Å². The minimum atomic E-state index is -0.977. The monoisotopic (exact) mass is 507 g/mol. The molecule has 1 aliphatic rings. The molecule has 5 rings (SSSR count). The van der Waals surface area contributed by atoms with Crippen LogP contribution in [0.4, 0.5) is 0 Å². The Kier molecular flexibility index (Phi) is 6.22. The Morgan fingerprint density at radius 3 is 1.49 bits per heavy atom. The summed E-state index contributed by atoms with van der Waals surface area (Å²) >= 11 is 2.78. The van der Waals surface area contributed by atoms with Gasteiger partial charge in [0.25, 0.3) is 0 Å². The van der Waals surface area contributed by atoms with Gasteiger partial charge in [0.05, 0.1) is 34.7 Å². The van der Waals surface area contributed by atoms with E-state index in [2.05, 4.69) is 17.4 Å². The Labute approximate surface area is 208 Å². The first kappa shape index (κ1) is 23.3. The van der Waals surface area contributed by atoms with Crippen molar-refractivity contribution in [2.24, 2.45) is 0 Å². The fraction of sp³-hybridized carbons (Fsp3) is 0.231. The van der Waals surface area contributed by atoms with Gasteiger partial charge in [-0.3, -0.25) is 24.5 Å². The number of Topliss-reactive ketones (excluding diaryl/α,β-unsaturated/α-hetero) is 2. The highest BCUT2D eigenvalue weighted by molar-refractivity contribution is 7.21. The van der Waals surface area contributed by atoms with Gasteiger partial charge in [0, 0.05) is 22.2 Å². The number of hydrogen-bond donors (Lipinski definition) is 3. The number of carboxylic acids is 2. The predicted molar refractivity (Wildman–Crippen MR) is 135 cm³/mol. The molecule has 2 aromatic carbocycles. The standard InChI is InChI=1S/C26H21NO6S2/c28-17(5-7-23(30)31)21-9-13-1-3-15(11-19(13)34-21)25-26(27-25)16-4-2-14-10-22(35-20(14)12-16)18(29)6-8-24(32)33/h1-4,9-12,25-27H,5-8H2,(H,30,31)(H,32,33). The normalized spacial score (nSPS) is 17.0. The number of benzene rings is 2. The number of nitrogens with one attached hydrogen (secondary N) is 1. The molecule has 1 saturated heterocycles. The molecule has 7 nitrogen and oxygen atoms in total. The summed E-state index contributed by atoms with van der Waals surface area (Å²) in [5.74, 6) is -2.26. The van der Waals surface area contributed by atoms with Gasteiger partial charge in [-0.1, -0.05) is 24.3 Å². The molecular formula is C26H21NO6S2. The highest BCUT2D eigenvalue weighted by Crippen LogP contribution is 2.45. The van der Waals surface area contributed by atoms with Gasteiger partial charge in [-0.2, -0.15) is 0 Å². The van der Waals surface area contributed by atoms with Gasteiger partial charge >= 0.3 is 11.9 Å². The van der Waals surface area contributed by atoms with Crippen LogP contribution in [0.1, 0.15) is 68.2 Å². The van der Waals surface area contributed by atoms with Crippen LogP contribution in [0.25, 0.3) is 20.2 Å². The van der Waals surface area contributed by atoms with E-state index in [4.69, 9.17) is 10.2 Å². The van der Waals surface area contributed by atoms with E-state index < -0.39 is 11.9 Å². The van der Waals surface area contributed by atoms with Crippen LogP contribution in [0.5, 0.6) is 0 Å². The second kappa shape index (κ2) is 9.33. The number of aliphatic carboxylic acids is 2. The third kappa shape index (κ3) is 5.02. The van der Waals surface area contributed by atoms with Crippen molar-refractivity contribution < 1.29 is 29.4 Å². The third-order valence-electron chi connectivity index (χ3n) is 6.07. The van der Waals surface area contributed by atoms with Gasteiger partial charge < -0.3 is 10.2 Å². The maximum Gasteiger partial charge on any atom is 0.303 e. The zero-order valence-corrected chi connectivity index (χ0v) is 20.1. The molecule has 2 unspecified atom stereocenters. The van der Waals surface area contributed by atoms with E-state index in [0.717, 1.165) is 31.3 Å². The Bertz CT molecular complexity index is 1390. The first-order chi connectivity index (χ1) is 16.8. The van der Waals surface area contributed by atoms with Crippen LogP contribution in [0.2, 0.25) is 0 Å². The highest BCUT2D eigenvalue weighted by Gasteiger charge is 2.39. The maximum absolute atomic E-state index is 12.3. The van der Waals surface area contributed by atoms with Crippen molar-refractivity contribution in [1.29, 1.82) is 0 Å². The van der Waals surface area contributed by atoms with E-state index in [1.54, 1.807) is 0 Å². The summed E-state index contributed by atoms with van der Waals surface area (Å²) in [5.41, 5.74) is 2.23. The summed E-state index contributed by atoms with van der Waals surface area (Å²) < 4.78 is 1.98. The molecule has 178 valence electrons. The minimum absolute atomic E-state index is 0.000660. The molecule has 0 amide bonds. The second-order valence-corrected chi connectivity index (χ2v) is 10.7. The number of fused-ring (bicyclic) bond motifs is 2. The number of hydrogen-bond acceptors (Lipinski definition) is 7. The Morgan fingerprint density at radius 1 is 0.657 bits per heavy atom. The third-order valence-corrected chi connectivity index (χ3v) is 8.35. The van der Waals surface area contributed by atoms with E-state index in [0.29, 0.717) is 9.75 Å². The molecule has 0 aliphatic carbocycles. The largest absolute Gasteiger partial charge is 0.481 e. The molecule has 2 atom stereocenters. The molecular weight excluding hydrogens is 486 g/mol. The SMILES string of the molecule is O=C(O)CCC(=O)c1cc2ccc(C3NC3c3ccc4cc(C(=O)CCC(=O)O)sc4c3)cc2s1. The van der Waals surface area contributed by atoms with Crippen LogP contribution < -0.4 is 5.32 Å². The number of carbonyl (C=O) groups excluding carboxylic acids is 2. The van der Waals surface area contributed by atoms with Gasteiger partial charge in [-0.15, -0.1) is 22.7 Å². The lowest BCUT2D eigenvalue weighted by Crippen LogP contribution is -2.01. The van der Waals surface area contributed by atoms with Gasteiger partial charge in [-0.05, 0) is 46.2 Å². The summed E-state index contributed by atoms with van der Waals surface area (Å²) in [7, 11) is 0. The van der Waals surface area contributed by atoms with Crippen molar-refractivity contribution in [3.05, 3.63) is 69.4 Å². The van der Waals surface area contributed by atoms with E-state index in [1.807, 2.05) is 36.4 Å². The molecule has 0 radical (unpaired) electrons. The summed E-state index contributed by atoms with van der Waals surface area (Å²) in [4.78, 5) is 47.2. The van der Waals surface area contributed by atoms with Crippen LogP contribution >= 0.6 is 22.7 Å². The van der Waals surface area contributed by atoms with E-state index >= 15 is 0 Å². The average Bonchev–Trinajstić information content (AvgIpc) is 3.32. The first-order valence-electron chi connectivity index (χ1n) is 11.1. The molecule has 1 fully saturated rings. The topological polar surface area (TPSA) is 131 Å². The second-order valence-electron chi connectivity index (χ2n) is 8.57. The lowest BCUT2D eigenvalue weighted by molar-refractivity contribution is -0.137. The lowest BCUT2D eigenvalue weighted by Gasteiger charge is -2.00. The summed E-state index contributed by atoms with van der Waals surface area (Å²) in [5, 5.41) is 23.0. The predicted octanol–water partition coefficient (Wildman–Crippen LogP) is 5.60. The van der Waals surface area contributed by atoms with Crippen molar-refractivity contribution in [3.63, 3.8) is 0 Å². The Balaban J connectivity index is 1.31. The van der Waals surface area contributed by atoms with Crippen molar-refractivity contribution >= 4 is 66.4 Å². The van der Waals surface area contributed by atoms with Crippen molar-refractivity contribution in [2.45, 2.75) is 37.8 Å². The summed E-state index contributed by atoms with van der Waals surface area (Å²) in [6.07, 6.45) is -0.337. The zero-order valence-electron chi connectivity index (χ0n) is 18.4. The molecule has 1 aliphatic heterocycles. The smallest absolute Gasteiger partial charge is 0.303 e. The van der Waals surface area contributed by atoms with E-state index in [1.165, 1.54) is 22.7 Å². The van der Waals surface area contributed by atoms with Gasteiger partial charge in [0.15, 0.2) is 11.6 Å². The number of carboxylic acid groups (broad SMARTS) is 2. The van der Waals surface area contributed by atoms with Crippen molar-refractivity contribution in [2.75, 3.05) is 0 Å². The first-order valence-corrected chi connectivity index (χ1v) is 12.7. The summed E-state index contributed by atoms with van der Waals surface area (Å²) in [6, 6.07) is 16.2. The number of thiophene rings is 2. The Morgan fingerprint density at radius 2 is 1.09 bits per heavy atom. The molecule has 35 heavy (non-hydrogen) atoms. The van der Waals surface area contributed by atoms with Crippen LogP contribution in [-0.4, -0.2) is 33.7 Å². The lowest BCUT2D eigenvalue weighted by atomic mass is 10.0. The maximum atomic E-state index is 12.3. The number of carbonyl (C=O) groups is 4. The van der Waals surface area contributed by atoms with Crippen LogP contribution in [-0.2, 0) is 9.59 Å². The van der Waals surface area contributed by atoms with Crippen molar-refractivity contribution in [1.82, 2.24) is 5.32 Å². The number of ketones is 2. The molecule has 3 N–H and O–H groups in total. The van der Waals surface area contributed by atoms with Crippen LogP contribution in [0.3, 0.4) is 0 Å². The fourth-order valence-electron chi connectivity index (χ4n) is 4.16. The molecule has 0 saturated carbocycles. The van der Waals surface area contributed by atoms with Crippen LogP contribution in [0, 0.1) is 0 Å². The average molecular weight is 508 g/mol. The summed E-state index contributed by atoms with van der Waals surface area (Å²) in [6.45, 7) is 0. The molecule has 9 heteroatoms. The molecule has 3 heterocycles. The molecule has 4 aromatic rings. The zero-order chi connectivity index (χ0) is 24.7. The Hall–Kier alpha value is -3.40. The fourth-order valence-corrected chi connectivity index (χ4v) is 6.32. The highest BCUT2D eigenvalue weighted by atomic mass is 32.1. The van der Waals surface area contributed by atoms with Crippen LogP contribution in [0.15, 0.2) is 48.5 Å². The van der Waals surface area contributed by atoms with Gasteiger partial charge in [0.2, 0.25) is 0 Å².